The Morgan fingerprint density at radius 1 is 1.43 bits per heavy atom. The second-order valence-electron chi connectivity index (χ2n) is 5.61. The molecular weight excluding hydrogens is 334 g/mol. The predicted octanol–water partition coefficient (Wildman–Crippen LogP) is 2.93. The number of amides is 1. The Balaban J connectivity index is 2.46. The lowest BCUT2D eigenvalue weighted by Gasteiger charge is -2.15. The van der Waals surface area contributed by atoms with Crippen molar-refractivity contribution in [1.82, 2.24) is 14.9 Å². The van der Waals surface area contributed by atoms with E-state index < -0.39 is 0 Å². The number of nitrogens with zero attached hydrogens (tertiary/aromatic N) is 2. The number of halogens is 1. The highest BCUT2D eigenvalue weighted by atomic mass is 35.5. The van der Waals surface area contributed by atoms with Crippen molar-refractivity contribution in [2.75, 3.05) is 12.3 Å². The van der Waals surface area contributed by atoms with Crippen LogP contribution in [-0.2, 0) is 11.3 Å². The molecule has 0 aliphatic heterocycles. The van der Waals surface area contributed by atoms with E-state index >= 15 is 0 Å². The summed E-state index contributed by atoms with van der Waals surface area (Å²) >= 11 is 7.27. The van der Waals surface area contributed by atoms with Crippen molar-refractivity contribution < 1.29 is 4.79 Å². The van der Waals surface area contributed by atoms with Gasteiger partial charge in [-0.1, -0.05) is 37.2 Å². The highest BCUT2D eigenvalue weighted by Gasteiger charge is 2.14. The molecule has 124 valence electrons. The van der Waals surface area contributed by atoms with E-state index in [1.165, 1.54) is 11.8 Å². The summed E-state index contributed by atoms with van der Waals surface area (Å²) in [7, 11) is 0. The zero-order valence-corrected chi connectivity index (χ0v) is 15.0. The van der Waals surface area contributed by atoms with Gasteiger partial charge in [-0.05, 0) is 31.0 Å². The van der Waals surface area contributed by atoms with Gasteiger partial charge in [0.05, 0.1) is 16.7 Å². The van der Waals surface area contributed by atoms with Crippen LogP contribution in [-0.4, -0.2) is 27.8 Å². The summed E-state index contributed by atoms with van der Waals surface area (Å²) in [5.41, 5.74) is 0.474. The van der Waals surface area contributed by atoms with Crippen molar-refractivity contribution in [3.63, 3.8) is 0 Å². The van der Waals surface area contributed by atoms with E-state index in [1.54, 1.807) is 22.8 Å². The van der Waals surface area contributed by atoms with Crippen LogP contribution in [0, 0.1) is 5.92 Å². The number of carbonyl (C=O) groups excluding carboxylic acids is 1. The number of fused-ring (bicyclic) bond motifs is 1. The van der Waals surface area contributed by atoms with E-state index in [9.17, 15) is 9.59 Å². The molecule has 23 heavy (non-hydrogen) atoms. The molecule has 0 radical (unpaired) electrons. The molecule has 0 aliphatic carbocycles. The van der Waals surface area contributed by atoms with Gasteiger partial charge in [0.2, 0.25) is 5.91 Å². The van der Waals surface area contributed by atoms with Crippen LogP contribution in [0.3, 0.4) is 0 Å². The van der Waals surface area contributed by atoms with Crippen molar-refractivity contribution in [2.45, 2.75) is 32.5 Å². The van der Waals surface area contributed by atoms with Crippen LogP contribution in [0.25, 0.3) is 10.9 Å². The number of carbonyl (C=O) groups is 1. The number of hydrogen-bond acceptors (Lipinski definition) is 4. The van der Waals surface area contributed by atoms with Gasteiger partial charge in [-0.25, -0.2) is 4.98 Å². The Morgan fingerprint density at radius 3 is 2.83 bits per heavy atom. The third-order valence-corrected chi connectivity index (χ3v) is 4.35. The Hall–Kier alpha value is -1.53. The molecule has 2 rings (SSSR count). The van der Waals surface area contributed by atoms with E-state index in [4.69, 9.17) is 11.6 Å². The first-order valence-electron chi connectivity index (χ1n) is 7.52. The minimum absolute atomic E-state index is 0.0703. The maximum atomic E-state index is 12.8. The smallest absolute Gasteiger partial charge is 0.262 e. The summed E-state index contributed by atoms with van der Waals surface area (Å²) in [4.78, 5) is 29.0. The molecule has 0 bridgehead atoms. The average Bonchev–Trinajstić information content (AvgIpc) is 2.49. The molecule has 1 N–H and O–H groups in total. The monoisotopic (exact) mass is 353 g/mol. The SMILES string of the molecule is CCNC(=O)CSc1nc2ccc(Cl)cc2c(=O)n1CC(C)C. The first kappa shape index (κ1) is 17.8. The van der Waals surface area contributed by atoms with Gasteiger partial charge in [0.1, 0.15) is 0 Å². The van der Waals surface area contributed by atoms with Crippen LogP contribution in [0.5, 0.6) is 0 Å². The number of aromatic nitrogens is 2. The maximum Gasteiger partial charge on any atom is 0.262 e. The van der Waals surface area contributed by atoms with E-state index in [1.807, 2.05) is 20.8 Å². The van der Waals surface area contributed by atoms with Crippen molar-refractivity contribution in [3.8, 4) is 0 Å². The van der Waals surface area contributed by atoms with Gasteiger partial charge in [-0.15, -0.1) is 0 Å². The summed E-state index contributed by atoms with van der Waals surface area (Å²) in [6.07, 6.45) is 0. The van der Waals surface area contributed by atoms with Crippen LogP contribution in [0.1, 0.15) is 20.8 Å². The van der Waals surface area contributed by atoms with Gasteiger partial charge in [0.25, 0.3) is 5.56 Å². The van der Waals surface area contributed by atoms with Gasteiger partial charge < -0.3 is 5.32 Å². The molecule has 0 unspecified atom stereocenters. The van der Waals surface area contributed by atoms with Crippen molar-refractivity contribution in [3.05, 3.63) is 33.6 Å². The zero-order valence-electron chi connectivity index (χ0n) is 13.4. The summed E-state index contributed by atoms with van der Waals surface area (Å²) in [6.45, 7) is 7.07. The Labute approximate surface area is 144 Å². The average molecular weight is 354 g/mol. The van der Waals surface area contributed by atoms with Crippen LogP contribution >= 0.6 is 23.4 Å². The van der Waals surface area contributed by atoms with Crippen LogP contribution < -0.4 is 10.9 Å². The number of hydrogen-bond donors (Lipinski definition) is 1. The van der Waals surface area contributed by atoms with Gasteiger partial charge in [0.15, 0.2) is 5.16 Å². The summed E-state index contributed by atoms with van der Waals surface area (Å²) in [6, 6.07) is 5.08. The normalized spacial score (nSPS) is 11.2. The molecule has 0 saturated heterocycles. The van der Waals surface area contributed by atoms with Gasteiger partial charge >= 0.3 is 0 Å². The fourth-order valence-corrected chi connectivity index (χ4v) is 3.20. The lowest BCUT2D eigenvalue weighted by molar-refractivity contribution is -0.118. The van der Waals surface area contributed by atoms with Crippen molar-refractivity contribution >= 4 is 40.2 Å². The van der Waals surface area contributed by atoms with E-state index in [0.29, 0.717) is 34.2 Å². The van der Waals surface area contributed by atoms with E-state index in [2.05, 4.69) is 10.3 Å². The summed E-state index contributed by atoms with van der Waals surface area (Å²) < 4.78 is 1.63. The van der Waals surface area contributed by atoms with Crippen molar-refractivity contribution in [1.29, 1.82) is 0 Å². The maximum absolute atomic E-state index is 12.8. The fourth-order valence-electron chi connectivity index (χ4n) is 2.19. The molecule has 0 spiro atoms. The number of benzene rings is 1. The topological polar surface area (TPSA) is 64.0 Å². The highest BCUT2D eigenvalue weighted by Crippen LogP contribution is 2.21. The Bertz CT molecular complexity index is 774. The van der Waals surface area contributed by atoms with Gasteiger partial charge in [-0.3, -0.25) is 14.2 Å². The van der Waals surface area contributed by atoms with E-state index in [-0.39, 0.29) is 23.1 Å². The van der Waals surface area contributed by atoms with Crippen molar-refractivity contribution in [2.24, 2.45) is 5.92 Å². The quantitative estimate of drug-likeness (QED) is 0.640. The summed E-state index contributed by atoms with van der Waals surface area (Å²) in [5.74, 6) is 0.450. The van der Waals surface area contributed by atoms with Gasteiger partial charge in [0, 0.05) is 18.1 Å². The molecule has 1 amide bonds. The Kier molecular flexibility index (Phi) is 6.07. The van der Waals surface area contributed by atoms with Crippen LogP contribution in [0.4, 0.5) is 0 Å². The number of nitrogens with one attached hydrogen (secondary N) is 1. The molecule has 0 atom stereocenters. The molecule has 5 nitrogen and oxygen atoms in total. The largest absolute Gasteiger partial charge is 0.356 e. The molecule has 0 saturated carbocycles. The molecule has 0 aliphatic rings. The lowest BCUT2D eigenvalue weighted by atomic mass is 10.2. The first-order valence-corrected chi connectivity index (χ1v) is 8.88. The van der Waals surface area contributed by atoms with Gasteiger partial charge in [-0.2, -0.15) is 0 Å². The van der Waals surface area contributed by atoms with Crippen LogP contribution in [0.2, 0.25) is 5.02 Å². The first-order chi connectivity index (χ1) is 10.9. The third kappa shape index (κ3) is 4.48. The molecule has 0 fully saturated rings. The highest BCUT2D eigenvalue weighted by molar-refractivity contribution is 7.99. The number of rotatable bonds is 6. The molecule has 1 aromatic carbocycles. The molecule has 1 aromatic heterocycles. The minimum Gasteiger partial charge on any atom is -0.356 e. The third-order valence-electron chi connectivity index (χ3n) is 3.14. The zero-order chi connectivity index (χ0) is 17.0. The second kappa shape index (κ2) is 7.84. The molecule has 1 heterocycles. The van der Waals surface area contributed by atoms with Crippen LogP contribution in [0.15, 0.2) is 28.2 Å². The Morgan fingerprint density at radius 2 is 2.17 bits per heavy atom. The molecule has 7 heteroatoms. The fraction of sp³-hybridized carbons (Fsp3) is 0.438. The second-order valence-corrected chi connectivity index (χ2v) is 6.99. The minimum atomic E-state index is -0.121. The summed E-state index contributed by atoms with van der Waals surface area (Å²) in [5, 5.41) is 4.31. The number of thioether (sulfide) groups is 1. The standard InChI is InChI=1S/C16H20ClN3O2S/c1-4-18-14(21)9-23-16-19-13-6-5-11(17)7-12(13)15(22)20(16)8-10(2)3/h5-7,10H,4,8-9H2,1-3H3,(H,18,21). The lowest BCUT2D eigenvalue weighted by Crippen LogP contribution is -2.27. The molecular formula is C16H20ClN3O2S. The molecule has 2 aromatic rings. The predicted molar refractivity (Wildman–Crippen MR) is 95.3 cm³/mol. The van der Waals surface area contributed by atoms with E-state index in [0.717, 1.165) is 0 Å².